The monoisotopic (exact) mass is 946 g/mol. The Morgan fingerprint density at radius 2 is 0.912 bits per heavy atom. The minimum atomic E-state index is -1.57. The van der Waals surface area contributed by atoms with Gasteiger partial charge in [-0.25, -0.2) is 0 Å². The highest BCUT2D eigenvalue weighted by molar-refractivity contribution is 5.76. The molecule has 384 valence electrons. The quantitative estimate of drug-likeness (QED) is 0.0262. The Kier molecular flexibility index (Phi) is 43.1. The van der Waals surface area contributed by atoms with Gasteiger partial charge in [-0.1, -0.05) is 205 Å². The van der Waals surface area contributed by atoms with Crippen molar-refractivity contribution in [3.05, 3.63) is 134 Å². The van der Waals surface area contributed by atoms with E-state index in [1.165, 1.54) is 32.1 Å². The Morgan fingerprint density at radius 1 is 0.515 bits per heavy atom. The highest BCUT2D eigenvalue weighted by Gasteiger charge is 2.44. The van der Waals surface area contributed by atoms with Crippen LogP contribution in [0.2, 0.25) is 0 Å². The predicted molar refractivity (Wildman–Crippen MR) is 285 cm³/mol. The third-order valence-corrected chi connectivity index (χ3v) is 11.5. The molecule has 0 aromatic rings. The molecule has 0 spiro atoms. The van der Waals surface area contributed by atoms with Crippen molar-refractivity contribution in [1.29, 1.82) is 0 Å². The molecule has 9 heteroatoms. The third kappa shape index (κ3) is 36.3. The van der Waals surface area contributed by atoms with Gasteiger partial charge >= 0.3 is 0 Å². The first-order valence-electron chi connectivity index (χ1n) is 26.4. The van der Waals surface area contributed by atoms with E-state index in [0.29, 0.717) is 12.8 Å². The van der Waals surface area contributed by atoms with Crippen LogP contribution < -0.4 is 5.32 Å². The number of ether oxygens (including phenoxy) is 2. The van der Waals surface area contributed by atoms with E-state index in [9.17, 15) is 30.3 Å². The summed E-state index contributed by atoms with van der Waals surface area (Å²) in [5, 5.41) is 54.2. The van der Waals surface area contributed by atoms with Gasteiger partial charge in [-0.2, -0.15) is 0 Å². The second-order valence-corrected chi connectivity index (χ2v) is 17.6. The lowest BCUT2D eigenvalue weighted by atomic mass is 9.99. The minimum absolute atomic E-state index is 0.161. The SMILES string of the molecule is CC/C=C\C/C=C\C/C=C\C/C=C\C/C=C\C/C=C\C/C=C\C/C=C\C/C=C\C/C=C\C/C=C\CCCCCC(=O)NC(COC1OC(CO)C(O)C(O)C1O)C(O)CCCCCCCCCC. The van der Waals surface area contributed by atoms with Gasteiger partial charge in [0.2, 0.25) is 5.91 Å². The van der Waals surface area contributed by atoms with E-state index >= 15 is 0 Å². The highest BCUT2D eigenvalue weighted by atomic mass is 16.7. The van der Waals surface area contributed by atoms with Gasteiger partial charge in [-0.15, -0.1) is 0 Å². The van der Waals surface area contributed by atoms with Crippen molar-refractivity contribution in [2.24, 2.45) is 0 Å². The molecule has 1 fully saturated rings. The van der Waals surface area contributed by atoms with E-state index in [0.717, 1.165) is 116 Å². The molecular weight excluding hydrogens is 851 g/mol. The summed E-state index contributed by atoms with van der Waals surface area (Å²) in [4.78, 5) is 12.9. The van der Waals surface area contributed by atoms with Crippen LogP contribution in [0.4, 0.5) is 0 Å². The number of hydrogen-bond donors (Lipinski definition) is 6. The molecule has 1 aliphatic heterocycles. The Labute approximate surface area is 413 Å². The van der Waals surface area contributed by atoms with Crippen LogP contribution in [0.3, 0.4) is 0 Å². The fraction of sp³-hybridized carbons (Fsp3) is 0.610. The lowest BCUT2D eigenvalue weighted by Gasteiger charge is -2.40. The number of amides is 1. The van der Waals surface area contributed by atoms with Crippen molar-refractivity contribution in [1.82, 2.24) is 5.32 Å². The fourth-order valence-electron chi connectivity index (χ4n) is 7.34. The predicted octanol–water partition coefficient (Wildman–Crippen LogP) is 12.6. The molecule has 1 heterocycles. The fourth-order valence-corrected chi connectivity index (χ4v) is 7.34. The van der Waals surface area contributed by atoms with Gasteiger partial charge in [-0.05, 0) is 96.3 Å². The lowest BCUT2D eigenvalue weighted by Crippen LogP contribution is -2.60. The van der Waals surface area contributed by atoms with Gasteiger partial charge in [0.25, 0.3) is 0 Å². The van der Waals surface area contributed by atoms with Gasteiger partial charge in [0.15, 0.2) is 6.29 Å². The average molecular weight is 946 g/mol. The second-order valence-electron chi connectivity index (χ2n) is 17.6. The molecule has 1 rings (SSSR count). The maximum atomic E-state index is 12.9. The molecule has 0 bridgehead atoms. The molecule has 1 aliphatic rings. The normalized spacial score (nSPS) is 20.7. The van der Waals surface area contributed by atoms with Crippen LogP contribution in [0.15, 0.2) is 134 Å². The van der Waals surface area contributed by atoms with Crippen molar-refractivity contribution in [2.75, 3.05) is 13.2 Å². The van der Waals surface area contributed by atoms with Crippen LogP contribution in [-0.4, -0.2) is 87.5 Å². The maximum absolute atomic E-state index is 12.9. The number of hydrogen-bond acceptors (Lipinski definition) is 8. The Balaban J connectivity index is 2.18. The van der Waals surface area contributed by atoms with E-state index in [-0.39, 0.29) is 12.5 Å². The summed E-state index contributed by atoms with van der Waals surface area (Å²) < 4.78 is 11.2. The van der Waals surface area contributed by atoms with Gasteiger partial charge < -0.3 is 40.3 Å². The number of aliphatic hydroxyl groups is 5. The van der Waals surface area contributed by atoms with Crippen LogP contribution in [0.5, 0.6) is 0 Å². The average Bonchev–Trinajstić information content (AvgIpc) is 3.34. The Hall–Kier alpha value is -3.67. The molecule has 0 aliphatic carbocycles. The summed E-state index contributed by atoms with van der Waals surface area (Å²) in [7, 11) is 0. The van der Waals surface area contributed by atoms with Crippen LogP contribution in [0.1, 0.15) is 174 Å². The summed E-state index contributed by atoms with van der Waals surface area (Å²) in [6.07, 6.45) is 65.0. The van der Waals surface area contributed by atoms with E-state index in [1.54, 1.807) is 0 Å². The zero-order valence-electron chi connectivity index (χ0n) is 42.3. The highest BCUT2D eigenvalue weighted by Crippen LogP contribution is 2.23. The number of rotatable bonds is 42. The van der Waals surface area contributed by atoms with Gasteiger partial charge in [0.1, 0.15) is 24.4 Å². The van der Waals surface area contributed by atoms with E-state index in [4.69, 9.17) is 9.47 Å². The number of unbranched alkanes of at least 4 members (excludes halogenated alkanes) is 10. The number of allylic oxidation sites excluding steroid dienone is 22. The summed E-state index contributed by atoms with van der Waals surface area (Å²) >= 11 is 0. The third-order valence-electron chi connectivity index (χ3n) is 11.5. The smallest absolute Gasteiger partial charge is 0.220 e. The van der Waals surface area contributed by atoms with Crippen molar-refractivity contribution >= 4 is 5.91 Å². The Bertz CT molecular complexity index is 1520. The first kappa shape index (κ1) is 62.3. The first-order chi connectivity index (χ1) is 33.3. The molecule has 9 nitrogen and oxygen atoms in total. The second kappa shape index (κ2) is 47.0. The largest absolute Gasteiger partial charge is 0.394 e. The molecule has 0 aromatic carbocycles. The summed E-state index contributed by atoms with van der Waals surface area (Å²) in [6.45, 7) is 3.63. The molecular formula is C59H95NO8. The van der Waals surface area contributed by atoms with E-state index in [2.05, 4.69) is 153 Å². The molecule has 6 N–H and O–H groups in total. The van der Waals surface area contributed by atoms with Gasteiger partial charge in [0, 0.05) is 6.42 Å². The van der Waals surface area contributed by atoms with Crippen molar-refractivity contribution in [3.8, 4) is 0 Å². The standard InChI is InChI=1S/C59H95NO8/c1-3-5-7-9-11-13-14-15-16-17-18-19-20-21-22-23-24-25-26-27-28-29-30-31-32-33-34-35-36-37-38-39-40-41-43-45-47-49-55(63)60-52(53(62)48-46-44-42-12-10-8-6-4-2)51-67-59-58(66)57(65)56(64)54(50-61)68-59/h5,7,11,13,15-16,18-19,21-22,24-25,27-28,30-31,33-34,36-37,39-40,52-54,56-59,61-62,64-66H,3-4,6,8-10,12,14,17,20,23,26,29,32,35,38,41-51H2,1-2H3,(H,60,63)/b7-5-,13-11-,16-15-,19-18-,22-21-,25-24-,28-27-,31-30-,34-33-,37-36-,40-39-. The molecule has 0 radical (unpaired) electrons. The molecule has 0 aromatic heterocycles. The van der Waals surface area contributed by atoms with Crippen molar-refractivity contribution in [2.45, 2.75) is 217 Å². The molecule has 1 amide bonds. The molecule has 7 atom stereocenters. The van der Waals surface area contributed by atoms with Crippen LogP contribution >= 0.6 is 0 Å². The zero-order valence-corrected chi connectivity index (χ0v) is 42.3. The molecule has 7 unspecified atom stereocenters. The number of carbonyl (C=O) groups is 1. The minimum Gasteiger partial charge on any atom is -0.394 e. The summed E-state index contributed by atoms with van der Waals surface area (Å²) in [5.74, 6) is -0.186. The summed E-state index contributed by atoms with van der Waals surface area (Å²) in [5.41, 5.74) is 0. The number of nitrogens with one attached hydrogen (secondary N) is 1. The summed E-state index contributed by atoms with van der Waals surface area (Å²) in [6, 6.07) is -0.744. The van der Waals surface area contributed by atoms with Gasteiger partial charge in [0.05, 0.1) is 25.4 Å². The van der Waals surface area contributed by atoms with E-state index < -0.39 is 49.5 Å². The van der Waals surface area contributed by atoms with Gasteiger partial charge in [-0.3, -0.25) is 4.79 Å². The lowest BCUT2D eigenvalue weighted by molar-refractivity contribution is -0.302. The topological polar surface area (TPSA) is 149 Å². The molecule has 68 heavy (non-hydrogen) atoms. The van der Waals surface area contributed by atoms with Crippen LogP contribution in [0.25, 0.3) is 0 Å². The van der Waals surface area contributed by atoms with Crippen LogP contribution in [0, 0.1) is 0 Å². The van der Waals surface area contributed by atoms with Crippen molar-refractivity contribution in [3.63, 3.8) is 0 Å². The number of aliphatic hydroxyl groups excluding tert-OH is 5. The molecule has 0 saturated carbocycles. The van der Waals surface area contributed by atoms with Crippen molar-refractivity contribution < 1.29 is 39.8 Å². The first-order valence-corrected chi connectivity index (χ1v) is 26.4. The zero-order chi connectivity index (χ0) is 49.4. The van der Waals surface area contributed by atoms with Crippen LogP contribution in [-0.2, 0) is 14.3 Å². The maximum Gasteiger partial charge on any atom is 0.220 e. The van der Waals surface area contributed by atoms with E-state index in [1.807, 2.05) is 0 Å². The molecule has 1 saturated heterocycles. The Morgan fingerprint density at radius 3 is 1.34 bits per heavy atom. The number of carbonyl (C=O) groups excluding carboxylic acids is 1.